The molecule has 0 saturated heterocycles. The van der Waals surface area contributed by atoms with Crippen molar-refractivity contribution in [1.82, 2.24) is 0 Å². The molecule has 0 unspecified atom stereocenters. The molecule has 0 aliphatic carbocycles. The number of hydrogen-bond acceptors (Lipinski definition) is 2. The van der Waals surface area contributed by atoms with Gasteiger partial charge in [0.25, 0.3) is 0 Å². The monoisotopic (exact) mass is 191 g/mol. The van der Waals surface area contributed by atoms with Gasteiger partial charge in [0.15, 0.2) is 0 Å². The third kappa shape index (κ3) is 2.34. The number of hydrogen-bond donors (Lipinski definition) is 0. The quantitative estimate of drug-likeness (QED) is 0.672. The topological polar surface area (TPSA) is 26.3 Å². The second kappa shape index (κ2) is 4.27. The van der Waals surface area contributed by atoms with Crippen molar-refractivity contribution in [2.45, 2.75) is 19.8 Å². The lowest BCUT2D eigenvalue weighted by Gasteiger charge is -2.08. The van der Waals surface area contributed by atoms with Crippen LogP contribution >= 0.6 is 0 Å². The minimum atomic E-state index is -0.308. The summed E-state index contributed by atoms with van der Waals surface area (Å²) >= 11 is 0. The summed E-state index contributed by atoms with van der Waals surface area (Å²) in [7, 11) is 1.38. The third-order valence-corrected chi connectivity index (χ3v) is 2.10. The fraction of sp³-hybridized carbons (Fsp3) is 0.333. The van der Waals surface area contributed by atoms with Crippen molar-refractivity contribution in [3.63, 3.8) is 0 Å². The first-order valence-electron chi connectivity index (χ1n) is 4.60. The molecule has 0 aromatic heterocycles. The maximum absolute atomic E-state index is 11.3. The zero-order valence-corrected chi connectivity index (χ0v) is 8.83. The Labute approximate surface area is 84.9 Å². The summed E-state index contributed by atoms with van der Waals surface area (Å²) in [6, 6.07) is 5.57. The number of methoxy groups -OCH3 is 1. The summed E-state index contributed by atoms with van der Waals surface area (Å²) in [5.41, 5.74) is 2.53. The van der Waals surface area contributed by atoms with Gasteiger partial charge < -0.3 is 4.74 Å². The van der Waals surface area contributed by atoms with Gasteiger partial charge in [-0.1, -0.05) is 19.9 Å². The van der Waals surface area contributed by atoms with Gasteiger partial charge in [0.1, 0.15) is 0 Å². The fourth-order valence-electron chi connectivity index (χ4n) is 1.29. The number of benzene rings is 1. The molecule has 0 spiro atoms. The van der Waals surface area contributed by atoms with E-state index < -0.39 is 0 Å². The van der Waals surface area contributed by atoms with Crippen LogP contribution in [0.15, 0.2) is 18.2 Å². The van der Waals surface area contributed by atoms with Crippen molar-refractivity contribution in [1.29, 1.82) is 0 Å². The molecule has 1 rings (SSSR count). The predicted octanol–water partition coefficient (Wildman–Crippen LogP) is 2.78. The molecule has 75 valence electrons. The zero-order chi connectivity index (χ0) is 10.7. The second-order valence-corrected chi connectivity index (χ2v) is 3.61. The Balaban J connectivity index is 3.13. The fourth-order valence-corrected chi connectivity index (χ4v) is 1.29. The van der Waals surface area contributed by atoms with E-state index in [1.165, 1.54) is 7.11 Å². The minimum Gasteiger partial charge on any atom is -0.465 e. The van der Waals surface area contributed by atoms with Crippen LogP contribution in [0.5, 0.6) is 0 Å². The Kier molecular flexibility index (Phi) is 3.28. The lowest BCUT2D eigenvalue weighted by atomic mass is 9.98. The Bertz CT molecular complexity index is 340. The number of carbonyl (C=O) groups excluding carboxylic acids is 1. The van der Waals surface area contributed by atoms with Crippen molar-refractivity contribution in [3.05, 3.63) is 41.8 Å². The van der Waals surface area contributed by atoms with E-state index in [4.69, 9.17) is 0 Å². The molecule has 0 saturated carbocycles. The van der Waals surface area contributed by atoms with Gasteiger partial charge in [-0.2, -0.15) is 0 Å². The highest BCUT2D eigenvalue weighted by Crippen LogP contribution is 2.18. The Morgan fingerprint density at radius 1 is 1.36 bits per heavy atom. The molecular formula is C12H15O2. The molecular weight excluding hydrogens is 176 g/mol. The molecule has 0 fully saturated rings. The maximum atomic E-state index is 11.3. The first-order chi connectivity index (χ1) is 6.54. The van der Waals surface area contributed by atoms with Crippen LogP contribution in [0.4, 0.5) is 0 Å². The van der Waals surface area contributed by atoms with E-state index in [-0.39, 0.29) is 5.97 Å². The Morgan fingerprint density at radius 3 is 2.50 bits per heavy atom. The third-order valence-electron chi connectivity index (χ3n) is 2.10. The molecule has 1 radical (unpaired) electrons. The van der Waals surface area contributed by atoms with Gasteiger partial charge in [0, 0.05) is 0 Å². The van der Waals surface area contributed by atoms with Crippen molar-refractivity contribution in [3.8, 4) is 0 Å². The smallest absolute Gasteiger partial charge is 0.337 e. The molecule has 2 heteroatoms. The van der Waals surface area contributed by atoms with Gasteiger partial charge in [-0.25, -0.2) is 4.79 Å². The molecule has 2 nitrogen and oxygen atoms in total. The summed E-state index contributed by atoms with van der Waals surface area (Å²) < 4.78 is 4.66. The van der Waals surface area contributed by atoms with Crippen molar-refractivity contribution >= 4 is 5.97 Å². The number of ether oxygens (including phenoxy) is 1. The number of esters is 1. The molecule has 1 aromatic rings. The molecule has 0 atom stereocenters. The first-order valence-corrected chi connectivity index (χ1v) is 4.60. The Hall–Kier alpha value is -1.31. The van der Waals surface area contributed by atoms with Gasteiger partial charge in [0.05, 0.1) is 12.7 Å². The van der Waals surface area contributed by atoms with Gasteiger partial charge in [-0.3, -0.25) is 0 Å². The zero-order valence-electron chi connectivity index (χ0n) is 8.83. The first kappa shape index (κ1) is 10.8. The van der Waals surface area contributed by atoms with Gasteiger partial charge in [-0.05, 0) is 36.1 Å². The van der Waals surface area contributed by atoms with Gasteiger partial charge >= 0.3 is 5.97 Å². The molecule has 0 N–H and O–H groups in total. The van der Waals surface area contributed by atoms with Crippen molar-refractivity contribution in [2.75, 3.05) is 7.11 Å². The average molecular weight is 191 g/mol. The van der Waals surface area contributed by atoms with Crippen LogP contribution in [0, 0.1) is 6.92 Å². The number of carbonyl (C=O) groups is 1. The molecule has 0 heterocycles. The van der Waals surface area contributed by atoms with Gasteiger partial charge in [-0.15, -0.1) is 0 Å². The van der Waals surface area contributed by atoms with Crippen LogP contribution in [-0.4, -0.2) is 13.1 Å². The van der Waals surface area contributed by atoms with Crippen molar-refractivity contribution in [2.24, 2.45) is 0 Å². The summed E-state index contributed by atoms with van der Waals surface area (Å²) in [6.45, 7) is 7.99. The number of rotatable bonds is 2. The molecule has 1 aromatic carbocycles. The van der Waals surface area contributed by atoms with E-state index in [1.807, 2.05) is 12.1 Å². The highest BCUT2D eigenvalue weighted by atomic mass is 16.5. The van der Waals surface area contributed by atoms with E-state index in [0.29, 0.717) is 11.5 Å². The lowest BCUT2D eigenvalue weighted by Crippen LogP contribution is -2.03. The SMILES string of the molecule is [CH2]c1cc(C(=O)OC)cc(C(C)C)c1. The molecule has 14 heavy (non-hydrogen) atoms. The minimum absolute atomic E-state index is 0.308. The Morgan fingerprint density at radius 2 is 2.00 bits per heavy atom. The summed E-state index contributed by atoms with van der Waals surface area (Å²) in [5.74, 6) is 0.0810. The normalized spacial score (nSPS) is 10.4. The van der Waals surface area contributed by atoms with Crippen molar-refractivity contribution < 1.29 is 9.53 Å². The van der Waals surface area contributed by atoms with Crippen LogP contribution < -0.4 is 0 Å². The largest absolute Gasteiger partial charge is 0.465 e. The predicted molar refractivity (Wildman–Crippen MR) is 56.3 cm³/mol. The van der Waals surface area contributed by atoms with Gasteiger partial charge in [0.2, 0.25) is 0 Å². The second-order valence-electron chi connectivity index (χ2n) is 3.61. The van der Waals surface area contributed by atoms with Crippen LogP contribution in [0.3, 0.4) is 0 Å². The van der Waals surface area contributed by atoms with E-state index in [1.54, 1.807) is 6.07 Å². The van der Waals surface area contributed by atoms with E-state index in [0.717, 1.165) is 11.1 Å². The van der Waals surface area contributed by atoms with Crippen LogP contribution in [0.25, 0.3) is 0 Å². The summed E-state index contributed by atoms with van der Waals surface area (Å²) in [4.78, 5) is 11.3. The average Bonchev–Trinajstić information content (AvgIpc) is 2.15. The van der Waals surface area contributed by atoms with E-state index in [9.17, 15) is 4.79 Å². The molecule has 0 amide bonds. The van der Waals surface area contributed by atoms with E-state index >= 15 is 0 Å². The molecule has 0 bridgehead atoms. The maximum Gasteiger partial charge on any atom is 0.337 e. The van der Waals surface area contributed by atoms with Crippen LogP contribution in [0.2, 0.25) is 0 Å². The highest BCUT2D eigenvalue weighted by Gasteiger charge is 2.08. The van der Waals surface area contributed by atoms with Crippen LogP contribution in [-0.2, 0) is 4.74 Å². The summed E-state index contributed by atoms with van der Waals surface area (Å²) in [6.07, 6.45) is 0. The highest BCUT2D eigenvalue weighted by molar-refractivity contribution is 5.89. The molecule has 0 aliphatic heterocycles. The van der Waals surface area contributed by atoms with Crippen LogP contribution in [0.1, 0.15) is 41.3 Å². The lowest BCUT2D eigenvalue weighted by molar-refractivity contribution is 0.0600. The standard InChI is InChI=1S/C12H15O2/c1-8(2)10-5-9(3)6-11(7-10)12(13)14-4/h5-8H,3H2,1-2,4H3. The summed E-state index contributed by atoms with van der Waals surface area (Å²) in [5, 5.41) is 0. The molecule has 0 aliphatic rings. The van der Waals surface area contributed by atoms with E-state index in [2.05, 4.69) is 25.5 Å².